The van der Waals surface area contributed by atoms with Crippen molar-refractivity contribution < 1.29 is 9.21 Å². The van der Waals surface area contributed by atoms with E-state index in [1.807, 2.05) is 36.4 Å². The van der Waals surface area contributed by atoms with E-state index in [1.54, 1.807) is 0 Å². The molecular formula is C19H20N2O2. The summed E-state index contributed by atoms with van der Waals surface area (Å²) < 4.78 is 5.65. The van der Waals surface area contributed by atoms with Gasteiger partial charge in [0.25, 0.3) is 0 Å². The number of carbonyl (C=O) groups excluding carboxylic acids is 1. The van der Waals surface area contributed by atoms with E-state index in [2.05, 4.69) is 29.4 Å². The number of oxazole rings is 1. The Morgan fingerprint density at radius 2 is 1.91 bits per heavy atom. The lowest BCUT2D eigenvalue weighted by molar-refractivity contribution is -0.121. The van der Waals surface area contributed by atoms with Crippen LogP contribution in [0.4, 0.5) is 0 Å². The van der Waals surface area contributed by atoms with Gasteiger partial charge in [-0.15, -0.1) is 0 Å². The predicted octanol–water partition coefficient (Wildman–Crippen LogP) is 3.78. The van der Waals surface area contributed by atoms with Gasteiger partial charge in [-0.3, -0.25) is 4.79 Å². The highest BCUT2D eigenvalue weighted by molar-refractivity contribution is 5.76. The van der Waals surface area contributed by atoms with E-state index in [1.165, 1.54) is 5.56 Å². The van der Waals surface area contributed by atoms with Crippen LogP contribution in [-0.4, -0.2) is 10.9 Å². The van der Waals surface area contributed by atoms with E-state index in [0.29, 0.717) is 25.3 Å². The summed E-state index contributed by atoms with van der Waals surface area (Å²) >= 11 is 0. The molecule has 1 amide bonds. The summed E-state index contributed by atoms with van der Waals surface area (Å²) in [7, 11) is 0. The van der Waals surface area contributed by atoms with Crippen LogP contribution in [0, 0.1) is 6.92 Å². The van der Waals surface area contributed by atoms with Crippen LogP contribution in [0.15, 0.2) is 52.9 Å². The molecule has 0 atom stereocenters. The Morgan fingerprint density at radius 1 is 1.13 bits per heavy atom. The van der Waals surface area contributed by atoms with Gasteiger partial charge in [-0.2, -0.15) is 0 Å². The molecular weight excluding hydrogens is 288 g/mol. The normalized spacial score (nSPS) is 10.8. The number of hydrogen-bond acceptors (Lipinski definition) is 3. The number of amides is 1. The molecule has 1 heterocycles. The second kappa shape index (κ2) is 7.09. The topological polar surface area (TPSA) is 55.1 Å². The lowest BCUT2D eigenvalue weighted by atomic mass is 10.1. The summed E-state index contributed by atoms with van der Waals surface area (Å²) in [5, 5.41) is 2.94. The number of rotatable bonds is 6. The molecule has 0 saturated heterocycles. The third kappa shape index (κ3) is 4.19. The molecule has 0 aliphatic rings. The predicted molar refractivity (Wildman–Crippen MR) is 90.0 cm³/mol. The number of fused-ring (bicyclic) bond motifs is 1. The summed E-state index contributed by atoms with van der Waals surface area (Å²) in [6.45, 7) is 2.62. The van der Waals surface area contributed by atoms with Gasteiger partial charge in [0.15, 0.2) is 11.5 Å². The van der Waals surface area contributed by atoms with E-state index >= 15 is 0 Å². The first-order chi connectivity index (χ1) is 11.2. The molecule has 2 aromatic carbocycles. The molecule has 0 fully saturated rings. The Labute approximate surface area is 135 Å². The van der Waals surface area contributed by atoms with Crippen LogP contribution < -0.4 is 5.32 Å². The van der Waals surface area contributed by atoms with E-state index in [0.717, 1.165) is 23.1 Å². The van der Waals surface area contributed by atoms with Crippen LogP contribution in [0.3, 0.4) is 0 Å². The molecule has 0 aliphatic carbocycles. The van der Waals surface area contributed by atoms with Gasteiger partial charge in [0.1, 0.15) is 5.52 Å². The van der Waals surface area contributed by atoms with Crippen LogP contribution in [-0.2, 0) is 17.8 Å². The third-order valence-corrected chi connectivity index (χ3v) is 3.74. The average molecular weight is 308 g/mol. The van der Waals surface area contributed by atoms with E-state index in [-0.39, 0.29) is 5.91 Å². The van der Waals surface area contributed by atoms with Gasteiger partial charge >= 0.3 is 0 Å². The maximum atomic E-state index is 11.9. The summed E-state index contributed by atoms with van der Waals surface area (Å²) in [5.74, 6) is 0.749. The lowest BCUT2D eigenvalue weighted by Crippen LogP contribution is -2.22. The average Bonchev–Trinajstić information content (AvgIpc) is 2.97. The minimum Gasteiger partial charge on any atom is -0.441 e. The summed E-state index contributed by atoms with van der Waals surface area (Å²) in [5.41, 5.74) is 4.00. The number of aromatic nitrogens is 1. The van der Waals surface area contributed by atoms with Crippen molar-refractivity contribution in [2.75, 3.05) is 0 Å². The third-order valence-electron chi connectivity index (χ3n) is 3.74. The van der Waals surface area contributed by atoms with Crippen molar-refractivity contribution in [2.45, 2.75) is 32.7 Å². The Hall–Kier alpha value is -2.62. The van der Waals surface area contributed by atoms with Gasteiger partial charge in [0.05, 0.1) is 0 Å². The Kier molecular flexibility index (Phi) is 4.71. The van der Waals surface area contributed by atoms with Gasteiger partial charge in [0, 0.05) is 19.4 Å². The molecule has 0 bridgehead atoms. The van der Waals surface area contributed by atoms with Crippen molar-refractivity contribution in [3.05, 3.63) is 65.5 Å². The standard InChI is InChI=1S/C19H20N2O2/c1-14-9-11-15(12-10-14)13-20-18(22)7-4-8-19-21-16-5-2-3-6-17(16)23-19/h2-3,5-6,9-12H,4,7-8,13H2,1H3,(H,20,22). The van der Waals surface area contributed by atoms with E-state index in [9.17, 15) is 4.79 Å². The number of hydrogen-bond donors (Lipinski definition) is 1. The number of carbonyl (C=O) groups is 1. The van der Waals surface area contributed by atoms with Crippen LogP contribution in [0.1, 0.15) is 29.9 Å². The first-order valence-corrected chi connectivity index (χ1v) is 7.87. The first kappa shape index (κ1) is 15.3. The number of para-hydroxylation sites is 2. The molecule has 3 aromatic rings. The summed E-state index contributed by atoms with van der Waals surface area (Å²) in [6.07, 6.45) is 1.88. The second-order valence-electron chi connectivity index (χ2n) is 5.69. The van der Waals surface area contributed by atoms with Crippen molar-refractivity contribution in [2.24, 2.45) is 0 Å². The molecule has 1 aromatic heterocycles. The number of nitrogens with zero attached hydrogens (tertiary/aromatic N) is 1. The Balaban J connectivity index is 1.43. The number of nitrogens with one attached hydrogen (secondary N) is 1. The van der Waals surface area contributed by atoms with Crippen LogP contribution in [0.25, 0.3) is 11.1 Å². The molecule has 4 nitrogen and oxygen atoms in total. The van der Waals surface area contributed by atoms with Crippen molar-refractivity contribution in [1.29, 1.82) is 0 Å². The van der Waals surface area contributed by atoms with Gasteiger partial charge < -0.3 is 9.73 Å². The highest BCUT2D eigenvalue weighted by Gasteiger charge is 2.07. The van der Waals surface area contributed by atoms with Gasteiger partial charge in [-0.1, -0.05) is 42.0 Å². The fraction of sp³-hybridized carbons (Fsp3) is 0.263. The maximum Gasteiger partial charge on any atom is 0.220 e. The zero-order valence-corrected chi connectivity index (χ0v) is 13.2. The highest BCUT2D eigenvalue weighted by Crippen LogP contribution is 2.16. The molecule has 118 valence electrons. The molecule has 23 heavy (non-hydrogen) atoms. The molecule has 3 rings (SSSR count). The van der Waals surface area contributed by atoms with Gasteiger partial charge in [0.2, 0.25) is 5.91 Å². The minimum absolute atomic E-state index is 0.0571. The molecule has 0 radical (unpaired) electrons. The van der Waals surface area contributed by atoms with Crippen molar-refractivity contribution in [3.63, 3.8) is 0 Å². The van der Waals surface area contributed by atoms with Gasteiger partial charge in [-0.05, 0) is 31.0 Å². The van der Waals surface area contributed by atoms with Crippen molar-refractivity contribution in [1.82, 2.24) is 10.3 Å². The SMILES string of the molecule is Cc1ccc(CNC(=O)CCCc2nc3ccccc3o2)cc1. The zero-order chi connectivity index (χ0) is 16.1. The Bertz CT molecular complexity index is 757. The number of benzene rings is 2. The first-order valence-electron chi connectivity index (χ1n) is 7.87. The second-order valence-corrected chi connectivity index (χ2v) is 5.69. The van der Waals surface area contributed by atoms with Crippen molar-refractivity contribution >= 4 is 17.0 Å². The van der Waals surface area contributed by atoms with Crippen LogP contribution in [0.5, 0.6) is 0 Å². The van der Waals surface area contributed by atoms with Gasteiger partial charge in [-0.25, -0.2) is 4.98 Å². The zero-order valence-electron chi connectivity index (χ0n) is 13.2. The van der Waals surface area contributed by atoms with Crippen molar-refractivity contribution in [3.8, 4) is 0 Å². The maximum absolute atomic E-state index is 11.9. The highest BCUT2D eigenvalue weighted by atomic mass is 16.3. The minimum atomic E-state index is 0.0571. The monoisotopic (exact) mass is 308 g/mol. The summed E-state index contributed by atoms with van der Waals surface area (Å²) in [4.78, 5) is 16.3. The molecule has 1 N–H and O–H groups in total. The van der Waals surface area contributed by atoms with E-state index < -0.39 is 0 Å². The summed E-state index contributed by atoms with van der Waals surface area (Å²) in [6, 6.07) is 15.9. The number of aryl methyl sites for hydroxylation is 2. The van der Waals surface area contributed by atoms with E-state index in [4.69, 9.17) is 4.42 Å². The lowest BCUT2D eigenvalue weighted by Gasteiger charge is -2.05. The quantitative estimate of drug-likeness (QED) is 0.754. The van der Waals surface area contributed by atoms with Crippen LogP contribution in [0.2, 0.25) is 0 Å². The molecule has 0 unspecified atom stereocenters. The smallest absolute Gasteiger partial charge is 0.220 e. The molecule has 4 heteroatoms. The van der Waals surface area contributed by atoms with Crippen LogP contribution >= 0.6 is 0 Å². The Morgan fingerprint density at radius 3 is 2.70 bits per heavy atom. The molecule has 0 spiro atoms. The fourth-order valence-electron chi connectivity index (χ4n) is 2.42. The largest absolute Gasteiger partial charge is 0.441 e. The molecule has 0 saturated carbocycles. The fourth-order valence-corrected chi connectivity index (χ4v) is 2.42. The molecule has 0 aliphatic heterocycles.